The van der Waals surface area contributed by atoms with Gasteiger partial charge in [0.15, 0.2) is 0 Å². The number of carbonyl (C=O) groups is 1. The third-order valence-electron chi connectivity index (χ3n) is 2.64. The second-order valence-corrected chi connectivity index (χ2v) is 4.04. The van der Waals surface area contributed by atoms with Crippen molar-refractivity contribution in [1.82, 2.24) is 0 Å². The fraction of sp³-hybridized carbons (Fsp3) is 0.333. The Hall–Kier alpha value is -1.99. The molecule has 3 nitrogen and oxygen atoms in total. The Kier molecular flexibility index (Phi) is 4.62. The van der Waals surface area contributed by atoms with Crippen molar-refractivity contribution in [2.24, 2.45) is 0 Å². The predicted octanol–water partition coefficient (Wildman–Crippen LogP) is 3.08. The molecule has 0 aromatic heterocycles. The van der Waals surface area contributed by atoms with Gasteiger partial charge in [-0.3, -0.25) is 0 Å². The quantitative estimate of drug-likeness (QED) is 0.605. The van der Waals surface area contributed by atoms with Crippen molar-refractivity contribution in [3.63, 3.8) is 0 Å². The molecule has 1 aromatic rings. The summed E-state index contributed by atoms with van der Waals surface area (Å²) in [7, 11) is 0. The van der Waals surface area contributed by atoms with Gasteiger partial charge < -0.3 is 9.47 Å². The van der Waals surface area contributed by atoms with E-state index in [2.05, 4.69) is 5.73 Å². The highest BCUT2D eigenvalue weighted by molar-refractivity contribution is 5.89. The van der Waals surface area contributed by atoms with E-state index in [0.29, 0.717) is 5.56 Å². The molecular weight excluding hydrogens is 228 g/mol. The van der Waals surface area contributed by atoms with E-state index >= 15 is 0 Å². The molecule has 1 aliphatic heterocycles. The Morgan fingerprint density at radius 3 is 2.89 bits per heavy atom. The Morgan fingerprint density at radius 1 is 1.33 bits per heavy atom. The van der Waals surface area contributed by atoms with E-state index in [-0.39, 0.29) is 12.6 Å². The summed E-state index contributed by atoms with van der Waals surface area (Å²) >= 11 is 0. The molecular formula is C15H16O3. The van der Waals surface area contributed by atoms with E-state index in [4.69, 9.17) is 9.47 Å². The minimum Gasteiger partial charge on any atom is -0.490 e. The highest BCUT2D eigenvalue weighted by atomic mass is 16.5. The number of rotatable bonds is 3. The van der Waals surface area contributed by atoms with Crippen molar-refractivity contribution in [2.75, 3.05) is 13.2 Å². The Labute approximate surface area is 107 Å². The molecule has 3 heteroatoms. The second kappa shape index (κ2) is 6.67. The Bertz CT molecular complexity index is 448. The zero-order valence-corrected chi connectivity index (χ0v) is 10.2. The highest BCUT2D eigenvalue weighted by Gasteiger charge is 2.05. The topological polar surface area (TPSA) is 35.5 Å². The summed E-state index contributed by atoms with van der Waals surface area (Å²) in [5.74, 6) is 0.542. The average molecular weight is 244 g/mol. The molecule has 1 aliphatic rings. The first-order chi connectivity index (χ1) is 8.86. The number of esters is 1. The molecule has 0 unspecified atom stereocenters. The lowest BCUT2D eigenvalue weighted by Crippen LogP contribution is -2.05. The molecule has 0 N–H and O–H groups in total. The normalized spacial score (nSPS) is 14.3. The van der Waals surface area contributed by atoms with Crippen LogP contribution in [0.4, 0.5) is 0 Å². The van der Waals surface area contributed by atoms with E-state index in [1.54, 1.807) is 18.2 Å². The highest BCUT2D eigenvalue weighted by Crippen LogP contribution is 2.14. The Morgan fingerprint density at radius 2 is 2.17 bits per heavy atom. The smallest absolute Gasteiger partial charge is 0.338 e. The van der Waals surface area contributed by atoms with E-state index in [1.165, 1.54) is 0 Å². The predicted molar refractivity (Wildman–Crippen MR) is 68.1 cm³/mol. The summed E-state index contributed by atoms with van der Waals surface area (Å²) in [5.41, 5.74) is 3.58. The van der Waals surface area contributed by atoms with E-state index in [0.717, 1.165) is 31.6 Å². The van der Waals surface area contributed by atoms with Crippen LogP contribution in [0.1, 0.15) is 29.6 Å². The summed E-state index contributed by atoms with van der Waals surface area (Å²) in [6, 6.07) is 8.94. The number of carbonyl (C=O) groups excluding carboxylic acids is 1. The van der Waals surface area contributed by atoms with Crippen molar-refractivity contribution in [3.8, 4) is 0 Å². The maximum atomic E-state index is 11.6. The van der Waals surface area contributed by atoms with Crippen molar-refractivity contribution < 1.29 is 14.3 Å². The molecule has 1 aromatic carbocycles. The lowest BCUT2D eigenvalue weighted by Gasteiger charge is -2.13. The van der Waals surface area contributed by atoms with Gasteiger partial charge in [0.25, 0.3) is 0 Å². The molecule has 1 fully saturated rings. The van der Waals surface area contributed by atoms with Crippen LogP contribution in [0.2, 0.25) is 0 Å². The number of ether oxygens (including phenoxy) is 2. The van der Waals surface area contributed by atoms with Gasteiger partial charge in [-0.05, 0) is 31.1 Å². The van der Waals surface area contributed by atoms with Crippen LogP contribution in [0.25, 0.3) is 0 Å². The summed E-state index contributed by atoms with van der Waals surface area (Å²) in [5, 5.41) is 0. The van der Waals surface area contributed by atoms with Crippen LogP contribution in [0, 0.1) is 0 Å². The third-order valence-corrected chi connectivity index (χ3v) is 2.64. The number of hydrogen-bond donors (Lipinski definition) is 0. The third kappa shape index (κ3) is 3.79. The zero-order chi connectivity index (χ0) is 12.6. The lowest BCUT2D eigenvalue weighted by molar-refractivity contribution is 0.0549. The largest absolute Gasteiger partial charge is 0.490 e. The maximum Gasteiger partial charge on any atom is 0.338 e. The number of hydrogen-bond acceptors (Lipinski definition) is 3. The fourth-order valence-electron chi connectivity index (χ4n) is 1.70. The number of benzene rings is 1. The van der Waals surface area contributed by atoms with Gasteiger partial charge in [0.1, 0.15) is 12.4 Å². The van der Waals surface area contributed by atoms with Crippen LogP contribution in [-0.4, -0.2) is 19.2 Å². The van der Waals surface area contributed by atoms with Crippen LogP contribution in [0.15, 0.2) is 47.9 Å². The fourth-order valence-corrected chi connectivity index (χ4v) is 1.70. The van der Waals surface area contributed by atoms with E-state index < -0.39 is 0 Å². The van der Waals surface area contributed by atoms with Crippen LogP contribution in [-0.2, 0) is 9.47 Å². The van der Waals surface area contributed by atoms with Crippen LogP contribution < -0.4 is 0 Å². The standard InChI is InChI=1S/C15H16O3/c16-15(13-7-2-1-3-8-13)18-12-6-10-14-9-4-5-11-17-14/h1-3,6-8H,4-5,9,11-12H2. The van der Waals surface area contributed by atoms with Crippen molar-refractivity contribution >= 4 is 5.97 Å². The summed E-state index contributed by atoms with van der Waals surface area (Å²) in [6.07, 6.45) is 4.86. The summed E-state index contributed by atoms with van der Waals surface area (Å²) in [6.45, 7) is 0.987. The SMILES string of the molecule is O=C(OCC=C=C1CCCCO1)c1ccccc1. The molecule has 1 saturated heterocycles. The van der Waals surface area contributed by atoms with Crippen LogP contribution in [0.3, 0.4) is 0 Å². The van der Waals surface area contributed by atoms with Gasteiger partial charge in [0, 0.05) is 6.42 Å². The first-order valence-electron chi connectivity index (χ1n) is 6.15. The van der Waals surface area contributed by atoms with Crippen LogP contribution >= 0.6 is 0 Å². The van der Waals surface area contributed by atoms with Gasteiger partial charge in [0.2, 0.25) is 0 Å². The van der Waals surface area contributed by atoms with Crippen molar-refractivity contribution in [3.05, 3.63) is 53.5 Å². The first kappa shape index (κ1) is 12.5. The summed E-state index contributed by atoms with van der Waals surface area (Å²) < 4.78 is 10.5. The molecule has 18 heavy (non-hydrogen) atoms. The summed E-state index contributed by atoms with van der Waals surface area (Å²) in [4.78, 5) is 11.6. The van der Waals surface area contributed by atoms with Gasteiger partial charge in [-0.15, -0.1) is 0 Å². The van der Waals surface area contributed by atoms with E-state index in [9.17, 15) is 4.79 Å². The first-order valence-corrected chi connectivity index (χ1v) is 6.15. The Balaban J connectivity index is 1.81. The molecule has 0 bridgehead atoms. The van der Waals surface area contributed by atoms with Crippen molar-refractivity contribution in [2.45, 2.75) is 19.3 Å². The molecule has 0 saturated carbocycles. The molecule has 0 atom stereocenters. The second-order valence-electron chi connectivity index (χ2n) is 4.04. The minimum atomic E-state index is -0.316. The monoisotopic (exact) mass is 244 g/mol. The van der Waals surface area contributed by atoms with Crippen LogP contribution in [0.5, 0.6) is 0 Å². The molecule has 94 valence electrons. The van der Waals surface area contributed by atoms with Gasteiger partial charge in [-0.1, -0.05) is 23.9 Å². The zero-order valence-electron chi connectivity index (χ0n) is 10.2. The van der Waals surface area contributed by atoms with Gasteiger partial charge in [-0.25, -0.2) is 4.79 Å². The molecule has 2 rings (SSSR count). The molecule has 0 amide bonds. The molecule has 1 heterocycles. The maximum absolute atomic E-state index is 11.6. The van der Waals surface area contributed by atoms with Gasteiger partial charge in [-0.2, -0.15) is 0 Å². The van der Waals surface area contributed by atoms with Crippen molar-refractivity contribution in [1.29, 1.82) is 0 Å². The average Bonchev–Trinajstić information content (AvgIpc) is 2.45. The van der Waals surface area contributed by atoms with Gasteiger partial charge in [0.05, 0.1) is 12.2 Å². The molecule has 0 radical (unpaired) electrons. The van der Waals surface area contributed by atoms with Gasteiger partial charge >= 0.3 is 5.97 Å². The molecule has 0 spiro atoms. The molecule has 0 aliphatic carbocycles. The van der Waals surface area contributed by atoms with E-state index in [1.807, 2.05) is 18.2 Å². The lowest BCUT2D eigenvalue weighted by atomic mass is 10.2. The minimum absolute atomic E-state index is 0.223.